The lowest BCUT2D eigenvalue weighted by molar-refractivity contribution is 0.0603. The fourth-order valence-electron chi connectivity index (χ4n) is 4.50. The van der Waals surface area contributed by atoms with Gasteiger partial charge in [0, 0.05) is 10.8 Å². The maximum atomic E-state index is 12.9. The van der Waals surface area contributed by atoms with E-state index in [0.717, 1.165) is 43.1 Å². The smallest absolute Gasteiger partial charge is 0.338 e. The average Bonchev–Trinajstić information content (AvgIpc) is 2.81. The molecule has 0 amide bonds. The SMILES string of the molecule is COC(=O)c1cc2c(OC)c(OC)ccc2c2c3ccccc3c3ccccc3c12. The average molecular weight is 396 g/mol. The molecule has 0 aromatic heterocycles. The number of hydrogen-bond donors (Lipinski definition) is 0. The van der Waals surface area contributed by atoms with Crippen molar-refractivity contribution in [2.75, 3.05) is 21.3 Å². The van der Waals surface area contributed by atoms with Gasteiger partial charge in [0.25, 0.3) is 0 Å². The van der Waals surface area contributed by atoms with Crippen LogP contribution >= 0.6 is 0 Å². The Morgan fingerprint density at radius 2 is 1.20 bits per heavy atom. The zero-order valence-electron chi connectivity index (χ0n) is 17.0. The van der Waals surface area contributed by atoms with Gasteiger partial charge in [-0.1, -0.05) is 48.5 Å². The summed E-state index contributed by atoms with van der Waals surface area (Å²) in [6.45, 7) is 0. The summed E-state index contributed by atoms with van der Waals surface area (Å²) in [6, 6.07) is 22.2. The molecule has 148 valence electrons. The van der Waals surface area contributed by atoms with Crippen LogP contribution in [0.15, 0.2) is 66.7 Å². The summed E-state index contributed by atoms with van der Waals surface area (Å²) in [7, 11) is 4.62. The summed E-state index contributed by atoms with van der Waals surface area (Å²) in [4.78, 5) is 12.9. The van der Waals surface area contributed by atoms with Gasteiger partial charge in [0.1, 0.15) is 0 Å². The fraction of sp³-hybridized carbons (Fsp3) is 0.115. The van der Waals surface area contributed by atoms with Gasteiger partial charge in [-0.15, -0.1) is 0 Å². The molecular weight excluding hydrogens is 376 g/mol. The van der Waals surface area contributed by atoms with Gasteiger partial charge in [-0.2, -0.15) is 0 Å². The van der Waals surface area contributed by atoms with Crippen molar-refractivity contribution in [3.63, 3.8) is 0 Å². The van der Waals surface area contributed by atoms with Gasteiger partial charge in [-0.05, 0) is 50.5 Å². The van der Waals surface area contributed by atoms with Crippen LogP contribution in [0, 0.1) is 0 Å². The van der Waals surface area contributed by atoms with E-state index in [4.69, 9.17) is 14.2 Å². The second-order valence-corrected chi connectivity index (χ2v) is 7.15. The molecule has 0 spiro atoms. The van der Waals surface area contributed by atoms with E-state index in [9.17, 15) is 4.79 Å². The van der Waals surface area contributed by atoms with E-state index in [0.29, 0.717) is 17.1 Å². The summed E-state index contributed by atoms with van der Waals surface area (Å²) in [5, 5.41) is 8.03. The van der Waals surface area contributed by atoms with Crippen molar-refractivity contribution in [2.24, 2.45) is 0 Å². The van der Waals surface area contributed by atoms with Crippen LogP contribution in [0.3, 0.4) is 0 Å². The predicted octanol–water partition coefficient (Wildman–Crippen LogP) is 6.10. The number of methoxy groups -OCH3 is 3. The zero-order chi connectivity index (χ0) is 20.8. The topological polar surface area (TPSA) is 44.8 Å². The molecule has 0 heterocycles. The van der Waals surface area contributed by atoms with Crippen LogP contribution in [0.2, 0.25) is 0 Å². The number of esters is 1. The zero-order valence-corrected chi connectivity index (χ0v) is 17.0. The molecular formula is C26H20O4. The highest BCUT2D eigenvalue weighted by atomic mass is 16.5. The van der Waals surface area contributed by atoms with Gasteiger partial charge in [-0.3, -0.25) is 0 Å². The van der Waals surface area contributed by atoms with Crippen molar-refractivity contribution in [1.29, 1.82) is 0 Å². The minimum absolute atomic E-state index is 0.382. The minimum Gasteiger partial charge on any atom is -0.493 e. The molecule has 0 aliphatic heterocycles. The number of carbonyl (C=O) groups is 1. The van der Waals surface area contributed by atoms with Crippen molar-refractivity contribution in [3.05, 3.63) is 72.3 Å². The van der Waals surface area contributed by atoms with Gasteiger partial charge < -0.3 is 14.2 Å². The third-order valence-corrected chi connectivity index (χ3v) is 5.75. The Morgan fingerprint density at radius 3 is 1.77 bits per heavy atom. The van der Waals surface area contributed by atoms with Gasteiger partial charge in [-0.25, -0.2) is 4.79 Å². The monoisotopic (exact) mass is 396 g/mol. The van der Waals surface area contributed by atoms with Crippen molar-refractivity contribution >= 4 is 49.1 Å². The highest BCUT2D eigenvalue weighted by Gasteiger charge is 2.21. The van der Waals surface area contributed by atoms with Gasteiger partial charge >= 0.3 is 5.97 Å². The summed E-state index contributed by atoms with van der Waals surface area (Å²) in [6.07, 6.45) is 0. The molecule has 0 atom stereocenters. The van der Waals surface area contributed by atoms with E-state index in [-0.39, 0.29) is 5.97 Å². The van der Waals surface area contributed by atoms with E-state index in [1.54, 1.807) is 14.2 Å². The molecule has 0 bridgehead atoms. The van der Waals surface area contributed by atoms with Crippen molar-refractivity contribution in [2.45, 2.75) is 0 Å². The quantitative estimate of drug-likeness (QED) is 0.273. The van der Waals surface area contributed by atoms with Crippen LogP contribution in [0.25, 0.3) is 43.1 Å². The van der Waals surface area contributed by atoms with Crippen molar-refractivity contribution in [1.82, 2.24) is 0 Å². The molecule has 5 rings (SSSR count). The van der Waals surface area contributed by atoms with E-state index in [1.165, 1.54) is 7.11 Å². The maximum Gasteiger partial charge on any atom is 0.338 e. The summed E-state index contributed by atoms with van der Waals surface area (Å²) < 4.78 is 16.4. The summed E-state index contributed by atoms with van der Waals surface area (Å²) in [5.74, 6) is 0.830. The first-order chi connectivity index (χ1) is 14.7. The standard InChI is InChI=1S/C26H20O4/c1-28-22-13-12-19-20(25(22)29-2)14-21(26(27)30-3)24-18-11-7-5-9-16(18)15-8-4-6-10-17(15)23(19)24/h4-14H,1-3H3. The van der Waals surface area contributed by atoms with Crippen LogP contribution in [0.4, 0.5) is 0 Å². The number of ether oxygens (including phenoxy) is 3. The van der Waals surface area contributed by atoms with Crippen LogP contribution in [-0.2, 0) is 4.74 Å². The predicted molar refractivity (Wildman–Crippen MR) is 121 cm³/mol. The summed E-state index contributed by atoms with van der Waals surface area (Å²) in [5.41, 5.74) is 0.508. The van der Waals surface area contributed by atoms with Gasteiger partial charge in [0.2, 0.25) is 0 Å². The number of benzene rings is 5. The molecule has 0 saturated carbocycles. The van der Waals surface area contributed by atoms with Crippen LogP contribution < -0.4 is 9.47 Å². The highest BCUT2D eigenvalue weighted by molar-refractivity contribution is 6.35. The van der Waals surface area contributed by atoms with Crippen LogP contribution in [0.1, 0.15) is 10.4 Å². The second kappa shape index (κ2) is 6.92. The van der Waals surface area contributed by atoms with Crippen LogP contribution in [-0.4, -0.2) is 27.3 Å². The lowest BCUT2D eigenvalue weighted by atomic mass is 9.88. The molecule has 4 heteroatoms. The molecule has 4 nitrogen and oxygen atoms in total. The second-order valence-electron chi connectivity index (χ2n) is 7.15. The Balaban J connectivity index is 2.18. The molecule has 5 aromatic carbocycles. The number of rotatable bonds is 3. The number of hydrogen-bond acceptors (Lipinski definition) is 4. The van der Waals surface area contributed by atoms with E-state index in [2.05, 4.69) is 24.3 Å². The van der Waals surface area contributed by atoms with E-state index >= 15 is 0 Å². The van der Waals surface area contributed by atoms with Crippen LogP contribution in [0.5, 0.6) is 11.5 Å². The first kappa shape index (κ1) is 18.3. The lowest BCUT2D eigenvalue weighted by Gasteiger charge is -2.18. The largest absolute Gasteiger partial charge is 0.493 e. The normalized spacial score (nSPS) is 11.3. The Hall–Kier alpha value is -3.79. The molecule has 0 radical (unpaired) electrons. The third kappa shape index (κ3) is 2.43. The third-order valence-electron chi connectivity index (χ3n) is 5.75. The van der Waals surface area contributed by atoms with Gasteiger partial charge in [0.15, 0.2) is 11.5 Å². The molecule has 0 fully saturated rings. The van der Waals surface area contributed by atoms with Crippen molar-refractivity contribution < 1.29 is 19.0 Å². The van der Waals surface area contributed by atoms with Gasteiger partial charge in [0.05, 0.1) is 26.9 Å². The molecule has 0 aliphatic carbocycles. The van der Waals surface area contributed by atoms with Crippen molar-refractivity contribution in [3.8, 4) is 11.5 Å². The molecule has 0 N–H and O–H groups in total. The molecule has 0 saturated heterocycles. The van der Waals surface area contributed by atoms with E-state index in [1.807, 2.05) is 42.5 Å². The molecule has 30 heavy (non-hydrogen) atoms. The number of carbonyl (C=O) groups excluding carboxylic acids is 1. The Labute approximate surface area is 173 Å². The molecule has 0 unspecified atom stereocenters. The van der Waals surface area contributed by atoms with E-state index < -0.39 is 0 Å². The highest BCUT2D eigenvalue weighted by Crippen LogP contribution is 2.45. The Bertz CT molecular complexity index is 1470. The summed E-state index contributed by atoms with van der Waals surface area (Å²) >= 11 is 0. The molecule has 0 aliphatic rings. The lowest BCUT2D eigenvalue weighted by Crippen LogP contribution is -2.04. The first-order valence-corrected chi connectivity index (χ1v) is 9.68. The first-order valence-electron chi connectivity index (χ1n) is 9.68. The Morgan fingerprint density at radius 1 is 0.633 bits per heavy atom. The maximum absolute atomic E-state index is 12.9. The Kier molecular flexibility index (Phi) is 4.21. The number of fused-ring (bicyclic) bond motifs is 8. The minimum atomic E-state index is -0.382. The fourth-order valence-corrected chi connectivity index (χ4v) is 4.50. The molecule has 5 aromatic rings.